The van der Waals surface area contributed by atoms with E-state index in [2.05, 4.69) is 185 Å². The first-order valence-corrected chi connectivity index (χ1v) is 23.3. The smallest absolute Gasteiger partial charge is 0.164 e. The average molecular weight is 882 g/mol. The minimum Gasteiger partial charge on any atom is -0.452 e. The molecule has 14 rings (SSSR count). The predicted molar refractivity (Wildman–Crippen MR) is 283 cm³/mol. The zero-order valence-corrected chi connectivity index (χ0v) is 37.2. The molecule has 0 fully saturated rings. The Kier molecular flexibility index (Phi) is 8.79. The standard InChI is InChI=1S/C63H39N5O/c1-5-18-40(19-6-1)44-32-34-48-46-26-13-15-29-52(46)67(56(48)38-44)54-31-17-28-50-58-51(63-65-61(42-22-9-3-10-23-42)64-62(66-63)43-24-11-4-12-25-43)36-37-55(60(58)69-59(50)54)68-53-30-16-14-27-47(53)49-35-33-45(39-57(49)68)41-20-7-2-8-21-41/h1-39H. The summed E-state index contributed by atoms with van der Waals surface area (Å²) in [5.74, 6) is 1.76. The van der Waals surface area contributed by atoms with Crippen molar-refractivity contribution >= 4 is 65.6 Å². The summed E-state index contributed by atoms with van der Waals surface area (Å²) >= 11 is 0. The summed E-state index contributed by atoms with van der Waals surface area (Å²) in [5, 5.41) is 6.55. The van der Waals surface area contributed by atoms with Crippen molar-refractivity contribution in [1.29, 1.82) is 0 Å². The minimum absolute atomic E-state index is 0.560. The third-order valence-corrected chi connectivity index (χ3v) is 13.6. The van der Waals surface area contributed by atoms with Crippen molar-refractivity contribution < 1.29 is 4.42 Å². The first-order chi connectivity index (χ1) is 34.2. The molecule has 4 aromatic heterocycles. The lowest BCUT2D eigenvalue weighted by molar-refractivity contribution is 0.664. The van der Waals surface area contributed by atoms with Crippen LogP contribution in [0.5, 0.6) is 0 Å². The molecular formula is C63H39N5O. The van der Waals surface area contributed by atoms with Crippen molar-refractivity contribution in [2.75, 3.05) is 0 Å². The number of fused-ring (bicyclic) bond motifs is 9. The fourth-order valence-electron chi connectivity index (χ4n) is 10.4. The first-order valence-electron chi connectivity index (χ1n) is 23.3. The molecule has 0 bridgehead atoms. The molecule has 0 amide bonds. The number of rotatable bonds is 7. The number of para-hydroxylation sites is 3. The van der Waals surface area contributed by atoms with Crippen LogP contribution in [0.4, 0.5) is 0 Å². The fourth-order valence-corrected chi connectivity index (χ4v) is 10.4. The fraction of sp³-hybridized carbons (Fsp3) is 0. The molecule has 0 atom stereocenters. The average Bonchev–Trinajstić information content (AvgIpc) is 4.09. The van der Waals surface area contributed by atoms with E-state index in [1.165, 1.54) is 10.8 Å². The maximum absolute atomic E-state index is 7.57. The van der Waals surface area contributed by atoms with E-state index in [4.69, 9.17) is 19.4 Å². The second-order valence-corrected chi connectivity index (χ2v) is 17.5. The molecule has 14 aromatic rings. The van der Waals surface area contributed by atoms with Gasteiger partial charge in [-0.2, -0.15) is 0 Å². The number of hydrogen-bond acceptors (Lipinski definition) is 4. The summed E-state index contributed by atoms with van der Waals surface area (Å²) in [5.41, 5.74) is 15.0. The third kappa shape index (κ3) is 6.23. The topological polar surface area (TPSA) is 61.7 Å². The molecule has 4 heterocycles. The van der Waals surface area contributed by atoms with Gasteiger partial charge in [-0.25, -0.2) is 15.0 Å². The van der Waals surface area contributed by atoms with Crippen molar-refractivity contribution in [2.45, 2.75) is 0 Å². The Hall–Kier alpha value is -9.39. The molecule has 6 heteroatoms. The number of aromatic nitrogens is 5. The van der Waals surface area contributed by atoms with Gasteiger partial charge < -0.3 is 13.6 Å². The highest BCUT2D eigenvalue weighted by atomic mass is 16.3. The highest BCUT2D eigenvalue weighted by Gasteiger charge is 2.26. The Bertz CT molecular complexity index is 4230. The van der Waals surface area contributed by atoms with E-state index in [0.717, 1.165) is 105 Å². The van der Waals surface area contributed by atoms with Crippen molar-refractivity contribution in [3.8, 4) is 67.8 Å². The van der Waals surface area contributed by atoms with Crippen molar-refractivity contribution in [2.24, 2.45) is 0 Å². The lowest BCUT2D eigenvalue weighted by atomic mass is 10.0. The van der Waals surface area contributed by atoms with Gasteiger partial charge in [0.15, 0.2) is 28.6 Å². The van der Waals surface area contributed by atoms with Crippen LogP contribution in [0.2, 0.25) is 0 Å². The van der Waals surface area contributed by atoms with Gasteiger partial charge in [0.25, 0.3) is 0 Å². The van der Waals surface area contributed by atoms with Crippen LogP contribution >= 0.6 is 0 Å². The van der Waals surface area contributed by atoms with E-state index in [9.17, 15) is 0 Å². The quantitative estimate of drug-likeness (QED) is 0.160. The van der Waals surface area contributed by atoms with Crippen LogP contribution in [-0.2, 0) is 0 Å². The molecule has 0 saturated heterocycles. The minimum atomic E-state index is 0.560. The molecule has 6 nitrogen and oxygen atoms in total. The molecule has 0 radical (unpaired) electrons. The van der Waals surface area contributed by atoms with Crippen LogP contribution in [-0.4, -0.2) is 24.1 Å². The highest BCUT2D eigenvalue weighted by Crippen LogP contribution is 2.45. The van der Waals surface area contributed by atoms with Gasteiger partial charge in [-0.15, -0.1) is 0 Å². The SMILES string of the molecule is c1ccc(-c2ccc3c4ccccc4n(-c4cccc5c4oc4c(-n6c7ccccc7c7ccc(-c8ccccc8)cc76)ccc(-c6nc(-c7ccccc7)nc(-c7ccccc7)n6)c45)c3c2)cc1. The molecule has 322 valence electrons. The Morgan fingerprint density at radius 1 is 0.275 bits per heavy atom. The van der Waals surface area contributed by atoms with Gasteiger partial charge in [0, 0.05) is 49.0 Å². The van der Waals surface area contributed by atoms with Gasteiger partial charge in [-0.05, 0) is 64.7 Å². The number of benzene rings is 10. The van der Waals surface area contributed by atoms with Gasteiger partial charge in [0.2, 0.25) is 0 Å². The summed E-state index contributed by atoms with van der Waals surface area (Å²) in [6, 6.07) is 83.2. The van der Waals surface area contributed by atoms with E-state index in [0.29, 0.717) is 17.5 Å². The maximum atomic E-state index is 7.57. The van der Waals surface area contributed by atoms with Crippen molar-refractivity contribution in [3.05, 3.63) is 237 Å². The molecule has 0 aliphatic carbocycles. The Morgan fingerprint density at radius 2 is 0.696 bits per heavy atom. The van der Waals surface area contributed by atoms with Crippen LogP contribution in [0.3, 0.4) is 0 Å². The molecule has 10 aromatic carbocycles. The molecule has 0 saturated carbocycles. The van der Waals surface area contributed by atoms with Crippen LogP contribution in [0.15, 0.2) is 241 Å². The first kappa shape index (κ1) is 38.8. The summed E-state index contributed by atoms with van der Waals surface area (Å²) in [7, 11) is 0. The van der Waals surface area contributed by atoms with Gasteiger partial charge in [-0.1, -0.05) is 194 Å². The monoisotopic (exact) mass is 881 g/mol. The second kappa shape index (κ2) is 15.6. The highest BCUT2D eigenvalue weighted by molar-refractivity contribution is 6.19. The van der Waals surface area contributed by atoms with E-state index in [-0.39, 0.29) is 0 Å². The van der Waals surface area contributed by atoms with Gasteiger partial charge in [0.1, 0.15) is 0 Å². The van der Waals surface area contributed by atoms with Crippen molar-refractivity contribution in [1.82, 2.24) is 24.1 Å². The third-order valence-electron chi connectivity index (χ3n) is 13.6. The predicted octanol–water partition coefficient (Wildman–Crippen LogP) is 16.3. The molecule has 0 spiro atoms. The largest absolute Gasteiger partial charge is 0.452 e. The van der Waals surface area contributed by atoms with Crippen LogP contribution < -0.4 is 0 Å². The van der Waals surface area contributed by atoms with Gasteiger partial charge >= 0.3 is 0 Å². The number of furan rings is 1. The van der Waals surface area contributed by atoms with Gasteiger partial charge in [0.05, 0.1) is 33.4 Å². The van der Waals surface area contributed by atoms with E-state index >= 15 is 0 Å². The molecule has 0 N–H and O–H groups in total. The maximum Gasteiger partial charge on any atom is 0.164 e. The number of nitrogens with zero attached hydrogens (tertiary/aromatic N) is 5. The second-order valence-electron chi connectivity index (χ2n) is 17.5. The van der Waals surface area contributed by atoms with Crippen LogP contribution in [0, 0.1) is 0 Å². The normalized spacial score (nSPS) is 11.8. The number of hydrogen-bond donors (Lipinski definition) is 0. The summed E-state index contributed by atoms with van der Waals surface area (Å²) in [6.45, 7) is 0. The molecular weight excluding hydrogens is 843 g/mol. The lowest BCUT2D eigenvalue weighted by Crippen LogP contribution is -2.01. The van der Waals surface area contributed by atoms with Crippen LogP contribution in [0.25, 0.3) is 133 Å². The molecule has 0 aliphatic rings. The van der Waals surface area contributed by atoms with Crippen LogP contribution in [0.1, 0.15) is 0 Å². The van der Waals surface area contributed by atoms with E-state index in [1.807, 2.05) is 60.7 Å². The lowest BCUT2D eigenvalue weighted by Gasteiger charge is -2.13. The Balaban J connectivity index is 1.10. The summed E-state index contributed by atoms with van der Waals surface area (Å²) < 4.78 is 12.3. The zero-order valence-electron chi connectivity index (χ0n) is 37.2. The van der Waals surface area contributed by atoms with E-state index < -0.39 is 0 Å². The van der Waals surface area contributed by atoms with Crippen molar-refractivity contribution in [3.63, 3.8) is 0 Å². The van der Waals surface area contributed by atoms with Gasteiger partial charge in [-0.3, -0.25) is 0 Å². The summed E-state index contributed by atoms with van der Waals surface area (Å²) in [6.07, 6.45) is 0. The Morgan fingerprint density at radius 3 is 1.22 bits per heavy atom. The molecule has 0 unspecified atom stereocenters. The molecule has 0 aliphatic heterocycles. The summed E-state index contributed by atoms with van der Waals surface area (Å²) in [4.78, 5) is 15.7. The molecule has 69 heavy (non-hydrogen) atoms. The zero-order chi connectivity index (χ0) is 45.4. The van der Waals surface area contributed by atoms with E-state index in [1.54, 1.807) is 0 Å². The Labute approximate surface area is 396 Å².